The van der Waals surface area contributed by atoms with E-state index in [4.69, 9.17) is 0 Å². The lowest BCUT2D eigenvalue weighted by atomic mass is 9.88. The summed E-state index contributed by atoms with van der Waals surface area (Å²) in [7, 11) is -1.09. The van der Waals surface area contributed by atoms with Gasteiger partial charge in [0.25, 0.3) is 0 Å². The molecule has 3 nitrogen and oxygen atoms in total. The smallest absolute Gasteiger partial charge is 0.154 e. The quantitative estimate of drug-likeness (QED) is 0.746. The molecule has 1 fully saturated rings. The van der Waals surface area contributed by atoms with E-state index >= 15 is 0 Å². The number of hydrogen-bond acceptors (Lipinski definition) is 3. The summed E-state index contributed by atoms with van der Waals surface area (Å²) >= 11 is 0. The zero-order valence-electron chi connectivity index (χ0n) is 8.47. The molecule has 0 aromatic heterocycles. The van der Waals surface area contributed by atoms with Gasteiger partial charge < -0.3 is 5.32 Å². The first-order chi connectivity index (χ1) is 6.02. The Morgan fingerprint density at radius 1 is 1.23 bits per heavy atom. The summed E-state index contributed by atoms with van der Waals surface area (Å²) in [6.07, 6.45) is 6.31. The fourth-order valence-corrected chi connectivity index (χ4v) is 3.63. The summed E-state index contributed by atoms with van der Waals surface area (Å²) in [5.41, 5.74) is 0. The largest absolute Gasteiger partial charge is 0.318 e. The minimum atomic E-state index is -2.91. The van der Waals surface area contributed by atoms with Crippen molar-refractivity contribution in [3.63, 3.8) is 0 Å². The van der Waals surface area contributed by atoms with Crippen LogP contribution < -0.4 is 5.32 Å². The third kappa shape index (κ3) is 2.23. The molecule has 0 aliphatic heterocycles. The van der Waals surface area contributed by atoms with Crippen LogP contribution in [0.3, 0.4) is 0 Å². The van der Waals surface area contributed by atoms with Gasteiger partial charge in [0, 0.05) is 12.8 Å². The van der Waals surface area contributed by atoms with Crippen molar-refractivity contribution < 1.29 is 8.42 Å². The second-order valence-corrected chi connectivity index (χ2v) is 6.46. The number of rotatable bonds is 3. The van der Waals surface area contributed by atoms with Crippen LogP contribution in [0.1, 0.15) is 32.1 Å². The van der Waals surface area contributed by atoms with Crippen molar-refractivity contribution in [2.45, 2.75) is 36.9 Å². The van der Waals surface area contributed by atoms with Crippen molar-refractivity contribution in [3.8, 4) is 0 Å². The van der Waals surface area contributed by atoms with Gasteiger partial charge in [0.15, 0.2) is 9.84 Å². The van der Waals surface area contributed by atoms with Gasteiger partial charge >= 0.3 is 0 Å². The fraction of sp³-hybridized carbons (Fsp3) is 1.00. The highest BCUT2D eigenvalue weighted by Crippen LogP contribution is 2.34. The van der Waals surface area contributed by atoms with E-state index in [1.54, 1.807) is 0 Å². The van der Waals surface area contributed by atoms with Crippen LogP contribution in [0.25, 0.3) is 0 Å². The van der Waals surface area contributed by atoms with Gasteiger partial charge in [-0.1, -0.05) is 19.3 Å². The summed E-state index contributed by atoms with van der Waals surface area (Å²) in [6, 6.07) is 0. The van der Waals surface area contributed by atoms with Gasteiger partial charge in [0.1, 0.15) is 0 Å². The monoisotopic (exact) mass is 205 g/mol. The Balaban J connectivity index is 2.86. The van der Waals surface area contributed by atoms with Crippen molar-refractivity contribution in [2.75, 3.05) is 19.8 Å². The summed E-state index contributed by atoms with van der Waals surface area (Å²) in [5, 5.41) is 3.01. The Morgan fingerprint density at radius 2 is 1.77 bits per heavy atom. The molecule has 0 atom stereocenters. The molecule has 0 spiro atoms. The maximum atomic E-state index is 11.7. The molecule has 0 unspecified atom stereocenters. The van der Waals surface area contributed by atoms with Crippen molar-refractivity contribution in [1.82, 2.24) is 5.32 Å². The van der Waals surface area contributed by atoms with Crippen LogP contribution in [-0.2, 0) is 9.84 Å². The lowest BCUT2D eigenvalue weighted by molar-refractivity contribution is 0.365. The fourth-order valence-electron chi connectivity index (χ4n) is 2.20. The van der Waals surface area contributed by atoms with E-state index in [1.165, 1.54) is 12.7 Å². The Kier molecular flexibility index (Phi) is 3.35. The van der Waals surface area contributed by atoms with E-state index in [0.29, 0.717) is 6.54 Å². The maximum Gasteiger partial charge on any atom is 0.154 e. The molecule has 0 amide bonds. The average Bonchev–Trinajstić information content (AvgIpc) is 2.04. The summed E-state index contributed by atoms with van der Waals surface area (Å²) < 4.78 is 22.8. The van der Waals surface area contributed by atoms with E-state index in [0.717, 1.165) is 25.7 Å². The van der Waals surface area contributed by atoms with Gasteiger partial charge in [-0.3, -0.25) is 0 Å². The predicted octanol–water partition coefficient (Wildman–Crippen LogP) is 0.953. The molecule has 1 saturated carbocycles. The molecule has 1 rings (SSSR count). The molecular formula is C9H19NO2S. The molecule has 0 radical (unpaired) electrons. The summed E-state index contributed by atoms with van der Waals surface area (Å²) in [5.74, 6) is 0. The maximum absolute atomic E-state index is 11.7. The first-order valence-electron chi connectivity index (χ1n) is 4.86. The van der Waals surface area contributed by atoms with Gasteiger partial charge in [-0.05, 0) is 19.9 Å². The van der Waals surface area contributed by atoms with Crippen LogP contribution in [0.15, 0.2) is 0 Å². The van der Waals surface area contributed by atoms with E-state index < -0.39 is 14.6 Å². The standard InChI is InChI=1S/C9H19NO2S/c1-10-8-9(13(2,11)12)6-4-3-5-7-9/h10H,3-8H2,1-2H3. The molecule has 1 aliphatic carbocycles. The molecule has 4 heteroatoms. The number of hydrogen-bond donors (Lipinski definition) is 1. The van der Waals surface area contributed by atoms with Crippen molar-refractivity contribution >= 4 is 9.84 Å². The van der Waals surface area contributed by atoms with Gasteiger partial charge in [0.2, 0.25) is 0 Å². The highest BCUT2D eigenvalue weighted by Gasteiger charge is 2.40. The number of nitrogens with one attached hydrogen (secondary N) is 1. The van der Waals surface area contributed by atoms with Crippen LogP contribution in [0.2, 0.25) is 0 Å². The molecule has 0 heterocycles. The van der Waals surface area contributed by atoms with Crippen LogP contribution >= 0.6 is 0 Å². The van der Waals surface area contributed by atoms with Crippen LogP contribution in [0.4, 0.5) is 0 Å². The Morgan fingerprint density at radius 3 is 2.15 bits per heavy atom. The SMILES string of the molecule is CNCC1(S(C)(=O)=O)CCCCC1. The van der Waals surface area contributed by atoms with Gasteiger partial charge in [-0.25, -0.2) is 8.42 Å². The molecule has 0 saturated heterocycles. The predicted molar refractivity (Wildman–Crippen MR) is 54.6 cm³/mol. The summed E-state index contributed by atoms with van der Waals surface area (Å²) in [4.78, 5) is 0. The van der Waals surface area contributed by atoms with Gasteiger partial charge in [0.05, 0.1) is 4.75 Å². The molecule has 0 aromatic rings. The van der Waals surface area contributed by atoms with E-state index in [2.05, 4.69) is 5.32 Å². The minimum Gasteiger partial charge on any atom is -0.318 e. The zero-order valence-corrected chi connectivity index (χ0v) is 9.28. The van der Waals surface area contributed by atoms with E-state index in [9.17, 15) is 8.42 Å². The van der Waals surface area contributed by atoms with E-state index in [-0.39, 0.29) is 0 Å². The first-order valence-corrected chi connectivity index (χ1v) is 6.75. The lowest BCUT2D eigenvalue weighted by Gasteiger charge is -2.35. The second-order valence-electron chi connectivity index (χ2n) is 4.05. The zero-order chi connectivity index (χ0) is 9.95. The van der Waals surface area contributed by atoms with E-state index in [1.807, 2.05) is 7.05 Å². The van der Waals surface area contributed by atoms with Crippen LogP contribution in [0, 0.1) is 0 Å². The van der Waals surface area contributed by atoms with Gasteiger partial charge in [-0.15, -0.1) is 0 Å². The first kappa shape index (κ1) is 11.0. The van der Waals surface area contributed by atoms with Crippen LogP contribution in [0.5, 0.6) is 0 Å². The summed E-state index contributed by atoms with van der Waals surface area (Å²) in [6.45, 7) is 0.603. The third-order valence-corrected chi connectivity index (χ3v) is 5.18. The Hall–Kier alpha value is -0.0900. The van der Waals surface area contributed by atoms with Crippen LogP contribution in [-0.4, -0.2) is 33.0 Å². The van der Waals surface area contributed by atoms with Crippen molar-refractivity contribution in [2.24, 2.45) is 0 Å². The number of sulfone groups is 1. The Labute approximate surface area is 80.8 Å². The molecule has 1 aliphatic rings. The highest BCUT2D eigenvalue weighted by atomic mass is 32.2. The normalized spacial score (nSPS) is 22.9. The molecule has 1 N–H and O–H groups in total. The van der Waals surface area contributed by atoms with Crippen molar-refractivity contribution in [1.29, 1.82) is 0 Å². The average molecular weight is 205 g/mol. The van der Waals surface area contributed by atoms with Gasteiger partial charge in [-0.2, -0.15) is 0 Å². The molecular weight excluding hydrogens is 186 g/mol. The molecule has 0 bridgehead atoms. The second kappa shape index (κ2) is 3.96. The minimum absolute atomic E-state index is 0.472. The Bertz CT molecular complexity index is 247. The van der Waals surface area contributed by atoms with Crippen molar-refractivity contribution in [3.05, 3.63) is 0 Å². The molecule has 13 heavy (non-hydrogen) atoms. The topological polar surface area (TPSA) is 46.2 Å². The lowest BCUT2D eigenvalue weighted by Crippen LogP contribution is -2.47. The molecule has 78 valence electrons. The highest BCUT2D eigenvalue weighted by molar-refractivity contribution is 7.92. The molecule has 0 aromatic carbocycles. The third-order valence-electron chi connectivity index (χ3n) is 3.05.